The van der Waals surface area contributed by atoms with E-state index in [2.05, 4.69) is 4.98 Å². The van der Waals surface area contributed by atoms with Crippen molar-refractivity contribution in [3.05, 3.63) is 22.7 Å². The maximum absolute atomic E-state index is 12.0. The largest absolute Gasteiger partial charge is 0.352 e. The van der Waals surface area contributed by atoms with E-state index in [-0.39, 0.29) is 5.56 Å². The highest BCUT2D eigenvalue weighted by Crippen LogP contribution is 2.22. The highest BCUT2D eigenvalue weighted by Gasteiger charge is 2.24. The second-order valence-electron chi connectivity index (χ2n) is 4.85. The molecular formula is C12H20N4O. The SMILES string of the molecule is CN(c1nccn(C)c1=O)C1CCC(N)CC1. The lowest BCUT2D eigenvalue weighted by Gasteiger charge is -2.33. The van der Waals surface area contributed by atoms with Crippen molar-refractivity contribution in [2.45, 2.75) is 37.8 Å². The van der Waals surface area contributed by atoms with Gasteiger partial charge in [-0.3, -0.25) is 4.79 Å². The van der Waals surface area contributed by atoms with Crippen molar-refractivity contribution < 1.29 is 0 Å². The van der Waals surface area contributed by atoms with Crippen LogP contribution in [0.5, 0.6) is 0 Å². The van der Waals surface area contributed by atoms with Gasteiger partial charge in [0.25, 0.3) is 5.56 Å². The predicted molar refractivity (Wildman–Crippen MR) is 68.1 cm³/mol. The number of nitrogens with two attached hydrogens (primary N) is 1. The van der Waals surface area contributed by atoms with Crippen LogP contribution in [0.15, 0.2) is 17.2 Å². The average Bonchev–Trinajstić information content (AvgIpc) is 2.33. The van der Waals surface area contributed by atoms with Gasteiger partial charge in [0.2, 0.25) is 0 Å². The molecule has 94 valence electrons. The second kappa shape index (κ2) is 4.87. The van der Waals surface area contributed by atoms with Gasteiger partial charge in [-0.2, -0.15) is 0 Å². The Bertz CT molecular complexity index is 434. The van der Waals surface area contributed by atoms with Crippen LogP contribution in [0.4, 0.5) is 5.82 Å². The second-order valence-corrected chi connectivity index (χ2v) is 4.85. The van der Waals surface area contributed by atoms with Gasteiger partial charge in [0, 0.05) is 38.6 Å². The maximum atomic E-state index is 12.0. The van der Waals surface area contributed by atoms with E-state index in [1.165, 1.54) is 0 Å². The van der Waals surface area contributed by atoms with Crippen LogP contribution < -0.4 is 16.2 Å². The Kier molecular flexibility index (Phi) is 3.47. The summed E-state index contributed by atoms with van der Waals surface area (Å²) in [6, 6.07) is 0.712. The lowest BCUT2D eigenvalue weighted by molar-refractivity contribution is 0.383. The van der Waals surface area contributed by atoms with Gasteiger partial charge in [-0.25, -0.2) is 4.98 Å². The summed E-state index contributed by atoms with van der Waals surface area (Å²) in [5.74, 6) is 0.537. The van der Waals surface area contributed by atoms with E-state index in [4.69, 9.17) is 5.73 Å². The number of nitrogens with zero attached hydrogens (tertiary/aromatic N) is 3. The van der Waals surface area contributed by atoms with Crippen LogP contribution in [0.2, 0.25) is 0 Å². The first-order valence-electron chi connectivity index (χ1n) is 6.09. The fraction of sp³-hybridized carbons (Fsp3) is 0.667. The van der Waals surface area contributed by atoms with Crippen LogP contribution in [0.1, 0.15) is 25.7 Å². The predicted octanol–water partition coefficient (Wildman–Crippen LogP) is 0.486. The van der Waals surface area contributed by atoms with E-state index in [0.29, 0.717) is 17.9 Å². The number of hydrogen-bond acceptors (Lipinski definition) is 4. The fourth-order valence-electron chi connectivity index (χ4n) is 2.39. The zero-order chi connectivity index (χ0) is 12.4. The lowest BCUT2D eigenvalue weighted by atomic mass is 9.91. The molecule has 2 rings (SSSR count). The number of aromatic nitrogens is 2. The molecule has 0 aliphatic heterocycles. The fourth-order valence-corrected chi connectivity index (χ4v) is 2.39. The van der Waals surface area contributed by atoms with Crippen molar-refractivity contribution >= 4 is 5.82 Å². The Morgan fingerprint density at radius 1 is 1.41 bits per heavy atom. The summed E-state index contributed by atoms with van der Waals surface area (Å²) in [6.45, 7) is 0. The third kappa shape index (κ3) is 2.49. The Morgan fingerprint density at radius 2 is 2.06 bits per heavy atom. The van der Waals surface area contributed by atoms with Crippen LogP contribution in [0.3, 0.4) is 0 Å². The highest BCUT2D eigenvalue weighted by atomic mass is 16.1. The van der Waals surface area contributed by atoms with Crippen molar-refractivity contribution in [2.24, 2.45) is 12.8 Å². The molecule has 5 heteroatoms. The molecule has 0 bridgehead atoms. The first kappa shape index (κ1) is 12.1. The Labute approximate surface area is 101 Å². The number of anilines is 1. The molecule has 0 unspecified atom stereocenters. The van der Waals surface area contributed by atoms with Gasteiger partial charge in [-0.05, 0) is 25.7 Å². The van der Waals surface area contributed by atoms with Crippen LogP contribution in [0.25, 0.3) is 0 Å². The summed E-state index contributed by atoms with van der Waals surface area (Å²) < 4.78 is 1.56. The highest BCUT2D eigenvalue weighted by molar-refractivity contribution is 5.36. The van der Waals surface area contributed by atoms with Gasteiger partial charge in [0.1, 0.15) is 0 Å². The summed E-state index contributed by atoms with van der Waals surface area (Å²) in [6.07, 6.45) is 7.48. The van der Waals surface area contributed by atoms with Gasteiger partial charge >= 0.3 is 0 Å². The van der Waals surface area contributed by atoms with E-state index < -0.39 is 0 Å². The minimum absolute atomic E-state index is 0.0372. The number of aryl methyl sites for hydroxylation is 1. The van der Waals surface area contributed by atoms with Gasteiger partial charge in [0.05, 0.1) is 0 Å². The molecule has 1 aromatic heterocycles. The minimum Gasteiger partial charge on any atom is -0.352 e. The zero-order valence-electron chi connectivity index (χ0n) is 10.5. The molecule has 0 spiro atoms. The molecule has 0 amide bonds. The van der Waals surface area contributed by atoms with Crippen LogP contribution in [-0.2, 0) is 7.05 Å². The van der Waals surface area contributed by atoms with Crippen molar-refractivity contribution in [3.63, 3.8) is 0 Å². The normalized spacial score (nSPS) is 24.6. The van der Waals surface area contributed by atoms with Gasteiger partial charge in [0.15, 0.2) is 5.82 Å². The quantitative estimate of drug-likeness (QED) is 0.811. The lowest BCUT2D eigenvalue weighted by Crippen LogP contribution is -2.41. The Hall–Kier alpha value is -1.36. The third-order valence-corrected chi connectivity index (χ3v) is 3.62. The molecule has 1 saturated carbocycles. The molecule has 1 heterocycles. The van der Waals surface area contributed by atoms with Gasteiger partial charge in [-0.1, -0.05) is 0 Å². The first-order valence-corrected chi connectivity index (χ1v) is 6.09. The van der Waals surface area contributed by atoms with Gasteiger partial charge in [-0.15, -0.1) is 0 Å². The van der Waals surface area contributed by atoms with Crippen LogP contribution >= 0.6 is 0 Å². The number of rotatable bonds is 2. The summed E-state index contributed by atoms with van der Waals surface area (Å²) in [4.78, 5) is 18.2. The molecule has 1 aromatic rings. The molecule has 0 saturated heterocycles. The monoisotopic (exact) mass is 236 g/mol. The molecule has 1 aliphatic rings. The van der Waals surface area contributed by atoms with Crippen molar-refractivity contribution in [1.29, 1.82) is 0 Å². The maximum Gasteiger partial charge on any atom is 0.293 e. The number of hydrogen-bond donors (Lipinski definition) is 1. The molecular weight excluding hydrogens is 216 g/mol. The van der Waals surface area contributed by atoms with Crippen LogP contribution in [-0.4, -0.2) is 28.7 Å². The first-order chi connectivity index (χ1) is 8.09. The average molecular weight is 236 g/mol. The molecule has 1 aliphatic carbocycles. The molecule has 17 heavy (non-hydrogen) atoms. The third-order valence-electron chi connectivity index (χ3n) is 3.62. The smallest absolute Gasteiger partial charge is 0.293 e. The summed E-state index contributed by atoms with van der Waals surface area (Å²) in [5, 5.41) is 0. The molecule has 2 N–H and O–H groups in total. The Morgan fingerprint density at radius 3 is 2.71 bits per heavy atom. The van der Waals surface area contributed by atoms with E-state index in [0.717, 1.165) is 25.7 Å². The Balaban J connectivity index is 2.17. The van der Waals surface area contributed by atoms with E-state index in [1.807, 2.05) is 11.9 Å². The molecule has 5 nitrogen and oxygen atoms in total. The summed E-state index contributed by atoms with van der Waals surface area (Å²) in [7, 11) is 3.70. The van der Waals surface area contributed by atoms with E-state index >= 15 is 0 Å². The summed E-state index contributed by atoms with van der Waals surface area (Å²) in [5.41, 5.74) is 5.85. The standard InChI is InChI=1S/C12H20N4O/c1-15-8-7-14-11(12(15)17)16(2)10-5-3-9(13)4-6-10/h7-10H,3-6,13H2,1-2H3. The molecule has 0 radical (unpaired) electrons. The minimum atomic E-state index is -0.0372. The van der Waals surface area contributed by atoms with Crippen molar-refractivity contribution in [1.82, 2.24) is 9.55 Å². The van der Waals surface area contributed by atoms with Gasteiger partial charge < -0.3 is 15.2 Å². The molecule has 1 fully saturated rings. The molecule has 0 atom stereocenters. The summed E-state index contributed by atoms with van der Waals surface area (Å²) >= 11 is 0. The van der Waals surface area contributed by atoms with Crippen molar-refractivity contribution in [3.8, 4) is 0 Å². The topological polar surface area (TPSA) is 64.2 Å². The molecule has 0 aromatic carbocycles. The zero-order valence-corrected chi connectivity index (χ0v) is 10.5. The van der Waals surface area contributed by atoms with E-state index in [1.54, 1.807) is 24.0 Å². The van der Waals surface area contributed by atoms with Crippen molar-refractivity contribution in [2.75, 3.05) is 11.9 Å². The van der Waals surface area contributed by atoms with Crippen LogP contribution in [0, 0.1) is 0 Å². The van der Waals surface area contributed by atoms with E-state index in [9.17, 15) is 4.79 Å².